The lowest BCUT2D eigenvalue weighted by Crippen LogP contribution is -2.66. The van der Waals surface area contributed by atoms with Crippen molar-refractivity contribution in [3.8, 4) is 5.75 Å². The van der Waals surface area contributed by atoms with E-state index in [9.17, 15) is 30.0 Å². The quantitative estimate of drug-likeness (QED) is 0.201. The zero-order chi connectivity index (χ0) is 26.4. The highest BCUT2D eigenvalue weighted by Crippen LogP contribution is 2.31. The lowest BCUT2D eigenvalue weighted by molar-refractivity contribution is -0.212. The number of esters is 1. The van der Waals surface area contributed by atoms with E-state index in [-0.39, 0.29) is 35.6 Å². The van der Waals surface area contributed by atoms with Gasteiger partial charge in [0.25, 0.3) is 0 Å². The number of aliphatic hydroxyl groups is 3. The highest BCUT2D eigenvalue weighted by atomic mass is 32.2. The van der Waals surface area contributed by atoms with Gasteiger partial charge in [0.2, 0.25) is 5.91 Å². The van der Waals surface area contributed by atoms with Crippen LogP contribution in [0, 0.1) is 0 Å². The Kier molecular flexibility index (Phi) is 10.4. The standard InChI is InChI=1S/C24H36N2O9S/c1-13(33-3)17(25-22(31)15-8-6-10-26(15)2)21-19(29)18(28)20(30)24(35-21)36-12-11-34-23(32)14-7-4-5-9-16(14)27/h4-5,7,9,13,15,17-21,24,27-30H,6,8,10-12H2,1-3H3,(H,25,31)/t13-,15-,17-,18-,19+,20-,21+,24-/m0/s1. The number of carbonyl (C=O) groups excluding carboxylic acids is 2. The third kappa shape index (κ3) is 6.68. The number of methoxy groups -OCH3 is 1. The summed E-state index contributed by atoms with van der Waals surface area (Å²) in [6.07, 6.45) is -4.42. The van der Waals surface area contributed by atoms with E-state index < -0.39 is 48.0 Å². The Morgan fingerprint density at radius 1 is 1.22 bits per heavy atom. The largest absolute Gasteiger partial charge is 0.507 e. The number of phenols is 1. The van der Waals surface area contributed by atoms with Crippen molar-refractivity contribution in [3.05, 3.63) is 29.8 Å². The molecule has 202 valence electrons. The highest BCUT2D eigenvalue weighted by Gasteiger charge is 2.49. The second-order valence-corrected chi connectivity index (χ2v) is 10.3. The molecule has 11 nitrogen and oxygen atoms in total. The topological polar surface area (TPSA) is 158 Å². The molecule has 2 heterocycles. The van der Waals surface area contributed by atoms with Crippen molar-refractivity contribution in [1.82, 2.24) is 10.2 Å². The van der Waals surface area contributed by atoms with Crippen LogP contribution in [-0.2, 0) is 19.0 Å². The molecule has 1 amide bonds. The van der Waals surface area contributed by atoms with Crippen LogP contribution in [0.5, 0.6) is 5.75 Å². The van der Waals surface area contributed by atoms with E-state index in [1.54, 1.807) is 19.1 Å². The monoisotopic (exact) mass is 528 g/mol. The van der Waals surface area contributed by atoms with Crippen LogP contribution in [0.4, 0.5) is 0 Å². The molecule has 0 aliphatic carbocycles. The molecule has 1 aromatic rings. The summed E-state index contributed by atoms with van der Waals surface area (Å²) in [5.41, 5.74) is -0.926. The third-order valence-electron chi connectivity index (χ3n) is 6.69. The number of thioether (sulfide) groups is 1. The first-order valence-electron chi connectivity index (χ1n) is 12.0. The Labute approximate surface area is 214 Å². The molecule has 1 aromatic carbocycles. The van der Waals surface area contributed by atoms with Gasteiger partial charge in [-0.15, -0.1) is 11.8 Å². The molecule has 0 radical (unpaired) electrons. The molecule has 2 aliphatic heterocycles. The number of benzene rings is 1. The van der Waals surface area contributed by atoms with Crippen LogP contribution in [0.25, 0.3) is 0 Å². The van der Waals surface area contributed by atoms with E-state index in [4.69, 9.17) is 14.2 Å². The van der Waals surface area contributed by atoms with Crippen LogP contribution in [0.1, 0.15) is 30.1 Å². The van der Waals surface area contributed by atoms with E-state index >= 15 is 0 Å². The second kappa shape index (κ2) is 13.0. The smallest absolute Gasteiger partial charge is 0.341 e. The summed E-state index contributed by atoms with van der Waals surface area (Å²) in [4.78, 5) is 27.1. The maximum absolute atomic E-state index is 13.0. The summed E-state index contributed by atoms with van der Waals surface area (Å²) < 4.78 is 16.6. The number of likely N-dealkylation sites (N-methyl/N-ethyl adjacent to an activating group) is 1. The van der Waals surface area contributed by atoms with Gasteiger partial charge in [-0.2, -0.15) is 0 Å². The summed E-state index contributed by atoms with van der Waals surface area (Å²) >= 11 is 1.09. The molecule has 0 bridgehead atoms. The number of likely N-dealkylation sites (tertiary alicyclic amines) is 1. The molecule has 0 aromatic heterocycles. The Morgan fingerprint density at radius 3 is 2.58 bits per heavy atom. The fourth-order valence-electron chi connectivity index (χ4n) is 4.45. The van der Waals surface area contributed by atoms with Gasteiger partial charge in [0, 0.05) is 12.9 Å². The summed E-state index contributed by atoms with van der Waals surface area (Å²) in [6, 6.07) is 4.91. The number of nitrogens with one attached hydrogen (secondary N) is 1. The molecule has 2 fully saturated rings. The maximum Gasteiger partial charge on any atom is 0.341 e. The van der Waals surface area contributed by atoms with Gasteiger partial charge in [-0.05, 0) is 45.5 Å². The molecular formula is C24H36N2O9S. The molecule has 0 unspecified atom stereocenters. The van der Waals surface area contributed by atoms with Crippen molar-refractivity contribution >= 4 is 23.6 Å². The van der Waals surface area contributed by atoms with Crippen molar-refractivity contribution in [1.29, 1.82) is 0 Å². The van der Waals surface area contributed by atoms with Gasteiger partial charge in [0.05, 0.1) is 18.2 Å². The number of aromatic hydroxyl groups is 1. The Morgan fingerprint density at radius 2 is 1.94 bits per heavy atom. The van der Waals surface area contributed by atoms with Gasteiger partial charge in [-0.3, -0.25) is 9.69 Å². The van der Waals surface area contributed by atoms with Crippen LogP contribution in [0.2, 0.25) is 0 Å². The predicted octanol–water partition coefficient (Wildman–Crippen LogP) is -0.296. The predicted molar refractivity (Wildman–Crippen MR) is 132 cm³/mol. The molecule has 36 heavy (non-hydrogen) atoms. The number of para-hydroxylation sites is 1. The van der Waals surface area contributed by atoms with Crippen molar-refractivity contribution in [2.75, 3.05) is 33.1 Å². The van der Waals surface area contributed by atoms with Gasteiger partial charge in [-0.1, -0.05) is 12.1 Å². The normalized spacial score (nSPS) is 30.5. The van der Waals surface area contributed by atoms with Crippen molar-refractivity contribution in [3.63, 3.8) is 0 Å². The number of hydrogen-bond acceptors (Lipinski definition) is 11. The molecule has 3 rings (SSSR count). The molecule has 0 saturated carbocycles. The number of carbonyl (C=O) groups is 2. The summed E-state index contributed by atoms with van der Waals surface area (Å²) in [6.45, 7) is 2.48. The van der Waals surface area contributed by atoms with Crippen molar-refractivity contribution in [2.24, 2.45) is 0 Å². The Bertz CT molecular complexity index is 891. The van der Waals surface area contributed by atoms with Crippen LogP contribution in [0.3, 0.4) is 0 Å². The third-order valence-corrected chi connectivity index (χ3v) is 7.81. The van der Waals surface area contributed by atoms with Crippen LogP contribution < -0.4 is 5.32 Å². The zero-order valence-electron chi connectivity index (χ0n) is 20.6. The van der Waals surface area contributed by atoms with E-state index in [1.165, 1.54) is 19.2 Å². The van der Waals surface area contributed by atoms with Crippen LogP contribution in [-0.4, -0.2) is 118 Å². The first-order valence-corrected chi connectivity index (χ1v) is 13.0. The number of amides is 1. The Hall–Kier alpha value is -1.93. The Balaban J connectivity index is 1.62. The van der Waals surface area contributed by atoms with Gasteiger partial charge in [-0.25, -0.2) is 4.79 Å². The van der Waals surface area contributed by atoms with E-state index in [0.29, 0.717) is 6.42 Å². The van der Waals surface area contributed by atoms with Gasteiger partial charge >= 0.3 is 5.97 Å². The van der Waals surface area contributed by atoms with Crippen molar-refractivity contribution < 1.29 is 44.2 Å². The molecule has 8 atom stereocenters. The van der Waals surface area contributed by atoms with Crippen LogP contribution >= 0.6 is 11.8 Å². The van der Waals surface area contributed by atoms with Gasteiger partial charge in [0.15, 0.2) is 0 Å². The lowest BCUT2D eigenvalue weighted by Gasteiger charge is -2.44. The van der Waals surface area contributed by atoms with Gasteiger partial charge < -0.3 is 40.0 Å². The summed E-state index contributed by atoms with van der Waals surface area (Å²) in [7, 11) is 3.34. The van der Waals surface area contributed by atoms with E-state index in [0.717, 1.165) is 24.7 Å². The van der Waals surface area contributed by atoms with E-state index in [2.05, 4.69) is 5.32 Å². The fraction of sp³-hybridized carbons (Fsp3) is 0.667. The molecule has 2 saturated heterocycles. The zero-order valence-corrected chi connectivity index (χ0v) is 21.5. The number of aliphatic hydroxyl groups excluding tert-OH is 3. The number of phenolic OH excluding ortho intramolecular Hbond substituents is 1. The fourth-order valence-corrected chi connectivity index (χ4v) is 5.42. The first-order chi connectivity index (χ1) is 17.1. The molecule has 0 spiro atoms. The number of nitrogens with zero attached hydrogens (tertiary/aromatic N) is 1. The second-order valence-electron chi connectivity index (χ2n) is 9.08. The van der Waals surface area contributed by atoms with Gasteiger partial charge in [0.1, 0.15) is 47.8 Å². The molecule has 5 N–H and O–H groups in total. The number of hydrogen-bond donors (Lipinski definition) is 5. The maximum atomic E-state index is 13.0. The molecular weight excluding hydrogens is 492 g/mol. The SMILES string of the molecule is CO[C@@H](C)[C@H](NC(=O)[C@@H]1CCCN1C)[C@H]1O[C@@H](SCCOC(=O)c2ccccc2O)[C@@H](O)[C@@H](O)[C@H]1O. The average molecular weight is 529 g/mol. The minimum Gasteiger partial charge on any atom is -0.507 e. The molecule has 12 heteroatoms. The van der Waals surface area contributed by atoms with E-state index in [1.807, 2.05) is 11.9 Å². The summed E-state index contributed by atoms with van der Waals surface area (Å²) in [5.74, 6) is -0.896. The lowest BCUT2D eigenvalue weighted by atomic mass is 9.92. The van der Waals surface area contributed by atoms with Crippen molar-refractivity contribution in [2.45, 2.75) is 67.8 Å². The first kappa shape index (κ1) is 28.6. The number of rotatable bonds is 10. The van der Waals surface area contributed by atoms with Crippen LogP contribution in [0.15, 0.2) is 24.3 Å². The minimum absolute atomic E-state index is 0.0371. The highest BCUT2D eigenvalue weighted by molar-refractivity contribution is 7.99. The summed E-state index contributed by atoms with van der Waals surface area (Å²) in [5, 5.41) is 44.4. The minimum atomic E-state index is -1.53. The average Bonchev–Trinajstić information content (AvgIpc) is 3.30. The number of ether oxygens (including phenoxy) is 3. The molecule has 2 aliphatic rings.